The minimum atomic E-state index is -0.120. The summed E-state index contributed by atoms with van der Waals surface area (Å²) in [4.78, 5) is 12.5. The molecule has 3 nitrogen and oxygen atoms in total. The number of benzene rings is 2. The summed E-state index contributed by atoms with van der Waals surface area (Å²) in [6, 6.07) is 13.4. The van der Waals surface area contributed by atoms with E-state index in [1.54, 1.807) is 25.1 Å². The smallest absolute Gasteiger partial charge is 0.252 e. The first-order valence-corrected chi connectivity index (χ1v) is 7.34. The average molecular weight is 281 g/mol. The largest absolute Gasteiger partial charge is 0.508 e. The molecule has 1 unspecified atom stereocenters. The van der Waals surface area contributed by atoms with Crippen molar-refractivity contribution in [1.29, 1.82) is 0 Å². The molecule has 1 aliphatic rings. The summed E-state index contributed by atoms with van der Waals surface area (Å²) in [5.41, 5.74) is 3.70. The first-order chi connectivity index (χ1) is 10.2. The zero-order valence-corrected chi connectivity index (χ0v) is 12.1. The number of nitrogens with one attached hydrogen (secondary N) is 1. The molecule has 0 bridgehead atoms. The van der Waals surface area contributed by atoms with Gasteiger partial charge in [-0.1, -0.05) is 30.3 Å². The van der Waals surface area contributed by atoms with Crippen LogP contribution in [-0.2, 0) is 6.42 Å². The van der Waals surface area contributed by atoms with E-state index in [1.807, 2.05) is 12.1 Å². The van der Waals surface area contributed by atoms with Crippen LogP contribution < -0.4 is 5.32 Å². The molecule has 0 aliphatic heterocycles. The van der Waals surface area contributed by atoms with Gasteiger partial charge in [0, 0.05) is 11.1 Å². The highest BCUT2D eigenvalue weighted by atomic mass is 16.3. The van der Waals surface area contributed by atoms with Gasteiger partial charge in [0.25, 0.3) is 5.91 Å². The minimum Gasteiger partial charge on any atom is -0.508 e. The standard InChI is InChI=1S/C18H19NO2/c1-12-14(9-5-11-17(12)20)18(21)19-16-10-4-7-13-6-2-3-8-15(13)16/h2-3,5-6,8-9,11,16,20H,4,7,10H2,1H3,(H,19,21). The van der Waals surface area contributed by atoms with E-state index in [1.165, 1.54) is 11.1 Å². The molecule has 0 radical (unpaired) electrons. The van der Waals surface area contributed by atoms with E-state index in [0.717, 1.165) is 19.3 Å². The average Bonchev–Trinajstić information content (AvgIpc) is 2.50. The van der Waals surface area contributed by atoms with Crippen LogP contribution in [0.25, 0.3) is 0 Å². The molecule has 1 aliphatic carbocycles. The Morgan fingerprint density at radius 1 is 1.19 bits per heavy atom. The number of rotatable bonds is 2. The van der Waals surface area contributed by atoms with E-state index in [0.29, 0.717) is 11.1 Å². The Bertz CT molecular complexity index is 679. The van der Waals surface area contributed by atoms with Crippen molar-refractivity contribution in [3.63, 3.8) is 0 Å². The van der Waals surface area contributed by atoms with Gasteiger partial charge >= 0.3 is 0 Å². The number of carbonyl (C=O) groups excluding carboxylic acids is 1. The summed E-state index contributed by atoms with van der Waals surface area (Å²) in [5, 5.41) is 12.8. The van der Waals surface area contributed by atoms with E-state index in [9.17, 15) is 9.90 Å². The molecule has 0 spiro atoms. The molecule has 0 aromatic heterocycles. The number of aromatic hydroxyl groups is 1. The number of phenols is 1. The predicted molar refractivity (Wildman–Crippen MR) is 82.4 cm³/mol. The Hall–Kier alpha value is -2.29. The molecule has 2 N–H and O–H groups in total. The number of carbonyl (C=O) groups is 1. The summed E-state index contributed by atoms with van der Waals surface area (Å²) in [6.07, 6.45) is 3.12. The molecule has 2 aromatic carbocycles. The maximum Gasteiger partial charge on any atom is 0.252 e. The summed E-state index contributed by atoms with van der Waals surface area (Å²) in [7, 11) is 0. The molecule has 0 heterocycles. The summed E-state index contributed by atoms with van der Waals surface area (Å²) < 4.78 is 0. The summed E-state index contributed by atoms with van der Waals surface area (Å²) >= 11 is 0. The lowest BCUT2D eigenvalue weighted by molar-refractivity contribution is 0.0931. The second kappa shape index (κ2) is 5.60. The van der Waals surface area contributed by atoms with Gasteiger partial charge in [-0.25, -0.2) is 0 Å². The van der Waals surface area contributed by atoms with Crippen molar-refractivity contribution < 1.29 is 9.90 Å². The van der Waals surface area contributed by atoms with Crippen molar-refractivity contribution in [3.8, 4) is 5.75 Å². The Morgan fingerprint density at radius 3 is 2.86 bits per heavy atom. The first kappa shape index (κ1) is 13.7. The van der Waals surface area contributed by atoms with Crippen LogP contribution >= 0.6 is 0 Å². The lowest BCUT2D eigenvalue weighted by atomic mass is 9.87. The topological polar surface area (TPSA) is 49.3 Å². The summed E-state index contributed by atoms with van der Waals surface area (Å²) in [6.45, 7) is 1.76. The van der Waals surface area contributed by atoms with Crippen LogP contribution in [-0.4, -0.2) is 11.0 Å². The Morgan fingerprint density at radius 2 is 2.00 bits per heavy atom. The Balaban J connectivity index is 1.85. The second-order valence-corrected chi connectivity index (χ2v) is 5.57. The van der Waals surface area contributed by atoms with Crippen LogP contribution in [0.15, 0.2) is 42.5 Å². The van der Waals surface area contributed by atoms with Gasteiger partial charge in [-0.2, -0.15) is 0 Å². The highest BCUT2D eigenvalue weighted by Gasteiger charge is 2.22. The third kappa shape index (κ3) is 2.64. The fourth-order valence-corrected chi connectivity index (χ4v) is 3.01. The van der Waals surface area contributed by atoms with Crippen molar-refractivity contribution in [2.75, 3.05) is 0 Å². The highest BCUT2D eigenvalue weighted by molar-refractivity contribution is 5.96. The van der Waals surface area contributed by atoms with Crippen LogP contribution in [0.2, 0.25) is 0 Å². The van der Waals surface area contributed by atoms with Gasteiger partial charge in [0.05, 0.1) is 6.04 Å². The third-order valence-electron chi connectivity index (χ3n) is 4.22. The fourth-order valence-electron chi connectivity index (χ4n) is 3.01. The Labute approximate surface area is 124 Å². The SMILES string of the molecule is Cc1c(O)cccc1C(=O)NC1CCCc2ccccc21. The predicted octanol–water partition coefficient (Wildman–Crippen LogP) is 3.51. The number of fused-ring (bicyclic) bond motifs is 1. The van der Waals surface area contributed by atoms with E-state index >= 15 is 0 Å². The molecule has 2 aromatic rings. The van der Waals surface area contributed by atoms with Crippen molar-refractivity contribution >= 4 is 5.91 Å². The molecule has 108 valence electrons. The maximum atomic E-state index is 12.5. The van der Waals surface area contributed by atoms with Gasteiger partial charge in [-0.3, -0.25) is 4.79 Å². The number of hydrogen-bond acceptors (Lipinski definition) is 2. The van der Waals surface area contributed by atoms with Gasteiger partial charge < -0.3 is 10.4 Å². The molecular formula is C18H19NO2. The molecule has 3 rings (SSSR count). The van der Waals surface area contributed by atoms with E-state index in [2.05, 4.69) is 17.4 Å². The maximum absolute atomic E-state index is 12.5. The molecule has 1 amide bonds. The van der Waals surface area contributed by atoms with Crippen molar-refractivity contribution in [1.82, 2.24) is 5.32 Å². The van der Waals surface area contributed by atoms with E-state index in [4.69, 9.17) is 0 Å². The van der Waals surface area contributed by atoms with Crippen molar-refractivity contribution in [2.24, 2.45) is 0 Å². The van der Waals surface area contributed by atoms with E-state index in [-0.39, 0.29) is 17.7 Å². The van der Waals surface area contributed by atoms with Gasteiger partial charge in [0.15, 0.2) is 0 Å². The van der Waals surface area contributed by atoms with E-state index < -0.39 is 0 Å². The zero-order valence-electron chi connectivity index (χ0n) is 12.1. The minimum absolute atomic E-state index is 0.0594. The molecule has 21 heavy (non-hydrogen) atoms. The zero-order chi connectivity index (χ0) is 14.8. The number of hydrogen-bond donors (Lipinski definition) is 2. The van der Waals surface area contributed by atoms with Crippen LogP contribution in [0.1, 0.15) is 45.9 Å². The first-order valence-electron chi connectivity index (χ1n) is 7.34. The van der Waals surface area contributed by atoms with Crippen LogP contribution in [0.4, 0.5) is 0 Å². The molecule has 0 saturated carbocycles. The number of amides is 1. The lowest BCUT2D eigenvalue weighted by Crippen LogP contribution is -2.31. The van der Waals surface area contributed by atoms with Gasteiger partial charge in [-0.05, 0) is 49.4 Å². The van der Waals surface area contributed by atoms with Crippen LogP contribution in [0.3, 0.4) is 0 Å². The monoisotopic (exact) mass is 281 g/mol. The highest BCUT2D eigenvalue weighted by Crippen LogP contribution is 2.30. The lowest BCUT2D eigenvalue weighted by Gasteiger charge is -2.26. The molecule has 0 saturated heterocycles. The second-order valence-electron chi connectivity index (χ2n) is 5.57. The molecule has 3 heteroatoms. The fraction of sp³-hybridized carbons (Fsp3) is 0.278. The van der Waals surface area contributed by atoms with Crippen LogP contribution in [0, 0.1) is 6.92 Å². The van der Waals surface area contributed by atoms with Gasteiger partial charge in [0.2, 0.25) is 0 Å². The molecule has 0 fully saturated rings. The van der Waals surface area contributed by atoms with Crippen molar-refractivity contribution in [3.05, 3.63) is 64.7 Å². The van der Waals surface area contributed by atoms with Crippen LogP contribution in [0.5, 0.6) is 5.75 Å². The van der Waals surface area contributed by atoms with Gasteiger partial charge in [-0.15, -0.1) is 0 Å². The summed E-state index contributed by atoms with van der Waals surface area (Å²) in [5.74, 6) is 0.0387. The number of phenolic OH excluding ortho intramolecular Hbond substituents is 1. The van der Waals surface area contributed by atoms with Gasteiger partial charge in [0.1, 0.15) is 5.75 Å². The Kier molecular flexibility index (Phi) is 3.65. The quantitative estimate of drug-likeness (QED) is 0.885. The normalized spacial score (nSPS) is 17.1. The third-order valence-corrected chi connectivity index (χ3v) is 4.22. The van der Waals surface area contributed by atoms with Crippen molar-refractivity contribution in [2.45, 2.75) is 32.2 Å². The molecule has 1 atom stereocenters. The number of aryl methyl sites for hydroxylation is 1. The molecular weight excluding hydrogens is 262 g/mol.